The highest BCUT2D eigenvalue weighted by molar-refractivity contribution is 9.10. The van der Waals surface area contributed by atoms with Crippen LogP contribution in [-0.2, 0) is 0 Å². The molecule has 2 heterocycles. The predicted octanol–water partition coefficient (Wildman–Crippen LogP) is 1.60. The van der Waals surface area contributed by atoms with Crippen LogP contribution >= 0.6 is 15.9 Å². The first-order valence-corrected chi connectivity index (χ1v) is 8.32. The quantitative estimate of drug-likeness (QED) is 0.788. The molecule has 1 amide bonds. The van der Waals surface area contributed by atoms with Gasteiger partial charge < -0.3 is 15.1 Å². The third kappa shape index (κ3) is 5.37. The van der Waals surface area contributed by atoms with E-state index < -0.39 is 0 Å². The molecule has 0 bridgehead atoms. The van der Waals surface area contributed by atoms with Gasteiger partial charge in [-0.2, -0.15) is 0 Å². The third-order valence-corrected chi connectivity index (χ3v) is 4.25. The fraction of sp³-hybridized carbons (Fsp3) is 0.600. The first-order valence-electron chi connectivity index (χ1n) is 7.52. The lowest BCUT2D eigenvalue weighted by Crippen LogP contribution is -2.46. The Morgan fingerprint density at radius 3 is 2.67 bits per heavy atom. The molecular weight excluding hydrogens is 332 g/mol. The highest BCUT2D eigenvalue weighted by atomic mass is 79.9. The minimum atomic E-state index is -0.0559. The van der Waals surface area contributed by atoms with Crippen molar-refractivity contribution in [1.82, 2.24) is 20.1 Å². The smallest absolute Gasteiger partial charge is 0.252 e. The van der Waals surface area contributed by atoms with Gasteiger partial charge in [-0.1, -0.05) is 6.92 Å². The Labute approximate surface area is 134 Å². The Morgan fingerprint density at radius 2 is 2.00 bits per heavy atom. The van der Waals surface area contributed by atoms with Crippen molar-refractivity contribution >= 4 is 21.8 Å². The maximum atomic E-state index is 11.9. The molecule has 1 aromatic rings. The Hall–Kier alpha value is -0.980. The number of hydrogen-bond donors (Lipinski definition) is 1. The lowest BCUT2D eigenvalue weighted by molar-refractivity contribution is 0.0948. The molecule has 1 aromatic heterocycles. The molecule has 21 heavy (non-hydrogen) atoms. The van der Waals surface area contributed by atoms with Crippen LogP contribution in [0.4, 0.5) is 0 Å². The summed E-state index contributed by atoms with van der Waals surface area (Å²) in [5, 5.41) is 2.95. The van der Waals surface area contributed by atoms with Gasteiger partial charge in [-0.05, 0) is 41.5 Å². The maximum absolute atomic E-state index is 11.9. The number of hydrogen-bond acceptors (Lipinski definition) is 4. The molecule has 1 fully saturated rings. The maximum Gasteiger partial charge on any atom is 0.252 e. The third-order valence-electron chi connectivity index (χ3n) is 3.82. The predicted molar refractivity (Wildman–Crippen MR) is 87.4 cm³/mol. The van der Waals surface area contributed by atoms with E-state index in [1.807, 2.05) is 0 Å². The largest absolute Gasteiger partial charge is 0.352 e. The molecule has 0 radical (unpaired) electrons. The second-order valence-corrected chi connectivity index (χ2v) is 6.19. The summed E-state index contributed by atoms with van der Waals surface area (Å²) < 4.78 is 0.823. The number of rotatable bonds is 6. The van der Waals surface area contributed by atoms with Crippen LogP contribution in [0.5, 0.6) is 0 Å². The summed E-state index contributed by atoms with van der Waals surface area (Å²) in [6.07, 6.45) is 4.25. The number of halogens is 1. The zero-order valence-electron chi connectivity index (χ0n) is 12.5. The van der Waals surface area contributed by atoms with Gasteiger partial charge in [0, 0.05) is 49.6 Å². The van der Waals surface area contributed by atoms with E-state index in [4.69, 9.17) is 0 Å². The number of piperazine rings is 1. The Morgan fingerprint density at radius 1 is 1.29 bits per heavy atom. The van der Waals surface area contributed by atoms with Crippen LogP contribution in [0.25, 0.3) is 0 Å². The topological polar surface area (TPSA) is 48.5 Å². The van der Waals surface area contributed by atoms with Crippen LogP contribution in [0.15, 0.2) is 22.9 Å². The second kappa shape index (κ2) is 8.46. The minimum absolute atomic E-state index is 0.0559. The van der Waals surface area contributed by atoms with Crippen molar-refractivity contribution in [2.75, 3.05) is 45.8 Å². The van der Waals surface area contributed by atoms with E-state index in [-0.39, 0.29) is 5.91 Å². The summed E-state index contributed by atoms with van der Waals surface area (Å²) >= 11 is 3.32. The highest BCUT2D eigenvalue weighted by Gasteiger charge is 2.14. The van der Waals surface area contributed by atoms with Crippen molar-refractivity contribution in [3.63, 3.8) is 0 Å². The van der Waals surface area contributed by atoms with Crippen molar-refractivity contribution < 1.29 is 4.79 Å². The monoisotopic (exact) mass is 354 g/mol. The summed E-state index contributed by atoms with van der Waals surface area (Å²) in [6.45, 7) is 9.70. The molecule has 0 aromatic carbocycles. The zero-order chi connectivity index (χ0) is 15.1. The van der Waals surface area contributed by atoms with Gasteiger partial charge in [-0.15, -0.1) is 0 Å². The number of aromatic nitrogens is 1. The highest BCUT2D eigenvalue weighted by Crippen LogP contribution is 2.09. The van der Waals surface area contributed by atoms with Crippen molar-refractivity contribution in [1.29, 1.82) is 0 Å². The van der Waals surface area contributed by atoms with Crippen molar-refractivity contribution in [2.24, 2.45) is 0 Å². The standard InChI is InChI=1S/C15H23BrN4O/c1-2-19-6-8-20(9-7-19)5-3-4-18-15(21)13-10-14(16)12-17-11-13/h10-12H,2-9H2,1H3,(H,18,21). The van der Waals surface area contributed by atoms with E-state index in [0.717, 1.165) is 50.2 Å². The fourth-order valence-electron chi connectivity index (χ4n) is 2.47. The summed E-state index contributed by atoms with van der Waals surface area (Å²) in [6, 6.07) is 1.78. The first-order chi connectivity index (χ1) is 10.2. The summed E-state index contributed by atoms with van der Waals surface area (Å²) in [4.78, 5) is 20.9. The molecule has 1 N–H and O–H groups in total. The molecular formula is C15H23BrN4O. The normalized spacial score (nSPS) is 16.9. The fourth-order valence-corrected chi connectivity index (χ4v) is 2.84. The van der Waals surface area contributed by atoms with Gasteiger partial charge in [0.1, 0.15) is 0 Å². The van der Waals surface area contributed by atoms with Gasteiger partial charge >= 0.3 is 0 Å². The summed E-state index contributed by atoms with van der Waals surface area (Å²) in [5.41, 5.74) is 0.598. The number of carbonyl (C=O) groups is 1. The summed E-state index contributed by atoms with van der Waals surface area (Å²) in [5.74, 6) is -0.0559. The zero-order valence-corrected chi connectivity index (χ0v) is 14.1. The molecule has 1 aliphatic rings. The molecule has 0 unspecified atom stereocenters. The van der Waals surface area contributed by atoms with E-state index in [9.17, 15) is 4.79 Å². The van der Waals surface area contributed by atoms with Gasteiger partial charge in [0.25, 0.3) is 5.91 Å². The van der Waals surface area contributed by atoms with Gasteiger partial charge in [0.05, 0.1) is 5.56 Å². The van der Waals surface area contributed by atoms with Crippen LogP contribution in [0.1, 0.15) is 23.7 Å². The van der Waals surface area contributed by atoms with Crippen LogP contribution in [0.3, 0.4) is 0 Å². The van der Waals surface area contributed by atoms with Gasteiger partial charge in [0.2, 0.25) is 0 Å². The average molecular weight is 355 g/mol. The van der Waals surface area contributed by atoms with E-state index in [1.54, 1.807) is 18.5 Å². The Bertz CT molecular complexity index is 461. The Balaban J connectivity index is 1.63. The molecule has 0 aliphatic carbocycles. The van der Waals surface area contributed by atoms with E-state index in [0.29, 0.717) is 12.1 Å². The van der Waals surface area contributed by atoms with E-state index in [2.05, 4.69) is 43.0 Å². The molecule has 5 nitrogen and oxygen atoms in total. The van der Waals surface area contributed by atoms with Crippen LogP contribution in [-0.4, -0.2) is 66.5 Å². The number of likely N-dealkylation sites (N-methyl/N-ethyl adjacent to an activating group) is 1. The summed E-state index contributed by atoms with van der Waals surface area (Å²) in [7, 11) is 0. The second-order valence-electron chi connectivity index (χ2n) is 5.28. The molecule has 0 saturated carbocycles. The van der Waals surface area contributed by atoms with E-state index >= 15 is 0 Å². The SMILES string of the molecule is CCN1CCN(CCCNC(=O)c2cncc(Br)c2)CC1. The number of nitrogens with zero attached hydrogens (tertiary/aromatic N) is 3. The molecule has 1 aliphatic heterocycles. The van der Waals surface area contributed by atoms with Gasteiger partial charge in [0.15, 0.2) is 0 Å². The van der Waals surface area contributed by atoms with Crippen LogP contribution in [0, 0.1) is 0 Å². The number of nitrogens with one attached hydrogen (secondary N) is 1. The minimum Gasteiger partial charge on any atom is -0.352 e. The number of carbonyl (C=O) groups excluding carboxylic acids is 1. The van der Waals surface area contributed by atoms with E-state index in [1.165, 1.54) is 0 Å². The van der Waals surface area contributed by atoms with Crippen LogP contribution in [0.2, 0.25) is 0 Å². The molecule has 116 valence electrons. The van der Waals surface area contributed by atoms with Crippen molar-refractivity contribution in [3.05, 3.63) is 28.5 Å². The van der Waals surface area contributed by atoms with Gasteiger partial charge in [-0.3, -0.25) is 9.78 Å². The lowest BCUT2D eigenvalue weighted by Gasteiger charge is -2.33. The molecule has 6 heteroatoms. The molecule has 0 atom stereocenters. The number of amides is 1. The van der Waals surface area contributed by atoms with Crippen molar-refractivity contribution in [3.8, 4) is 0 Å². The molecule has 2 rings (SSSR count). The van der Waals surface area contributed by atoms with Gasteiger partial charge in [-0.25, -0.2) is 0 Å². The average Bonchev–Trinajstić information content (AvgIpc) is 2.52. The van der Waals surface area contributed by atoms with Crippen LogP contribution < -0.4 is 5.32 Å². The Kier molecular flexibility index (Phi) is 6.60. The molecule has 1 saturated heterocycles. The first kappa shape index (κ1) is 16.4. The number of pyridine rings is 1. The molecule has 0 spiro atoms. The lowest BCUT2D eigenvalue weighted by atomic mass is 10.2. The van der Waals surface area contributed by atoms with Crippen molar-refractivity contribution in [2.45, 2.75) is 13.3 Å².